The van der Waals surface area contributed by atoms with Gasteiger partial charge >= 0.3 is 0 Å². The maximum Gasteiger partial charge on any atom is 0.222 e. The molecule has 0 N–H and O–H groups in total. The lowest BCUT2D eigenvalue weighted by Crippen LogP contribution is -2.09. The number of aryl methyl sites for hydroxylation is 1. The van der Waals surface area contributed by atoms with Crippen LogP contribution in [0.2, 0.25) is 5.02 Å². The molecule has 6 nitrogen and oxygen atoms in total. The van der Waals surface area contributed by atoms with Crippen LogP contribution in [-0.2, 0) is 23.3 Å². The summed E-state index contributed by atoms with van der Waals surface area (Å²) in [4.78, 5) is 12.9. The van der Waals surface area contributed by atoms with E-state index in [4.69, 9.17) is 16.3 Å². The van der Waals surface area contributed by atoms with E-state index in [-0.39, 0.29) is 26.8 Å². The van der Waals surface area contributed by atoms with Gasteiger partial charge in [-0.2, -0.15) is 5.10 Å². The Morgan fingerprint density at radius 2 is 2.00 bits per heavy atom. The van der Waals surface area contributed by atoms with Crippen LogP contribution < -0.4 is 4.74 Å². The summed E-state index contributed by atoms with van der Waals surface area (Å²) in [6.07, 6.45) is 2.91. The highest BCUT2D eigenvalue weighted by molar-refractivity contribution is 7.90. The van der Waals surface area contributed by atoms with Crippen LogP contribution in [0, 0.1) is 0 Å². The van der Waals surface area contributed by atoms with Crippen molar-refractivity contribution in [2.75, 3.05) is 13.4 Å². The van der Waals surface area contributed by atoms with Gasteiger partial charge in [0.2, 0.25) is 11.7 Å². The molecule has 0 aliphatic heterocycles. The van der Waals surface area contributed by atoms with E-state index in [2.05, 4.69) is 5.10 Å². The van der Waals surface area contributed by atoms with Crippen molar-refractivity contribution in [2.24, 2.45) is 7.05 Å². The SMILES string of the molecule is CCc1c(S(C)(=O)=O)ccc(C(=O)c2cnn(C)c2OC)c1Cl. The van der Waals surface area contributed by atoms with Gasteiger partial charge in [0.1, 0.15) is 5.56 Å². The average molecular weight is 357 g/mol. The molecule has 0 amide bonds. The zero-order valence-electron chi connectivity index (χ0n) is 13.3. The molecule has 23 heavy (non-hydrogen) atoms. The highest BCUT2D eigenvalue weighted by Crippen LogP contribution is 2.31. The summed E-state index contributed by atoms with van der Waals surface area (Å²) < 4.78 is 30.3. The van der Waals surface area contributed by atoms with E-state index >= 15 is 0 Å². The fourth-order valence-corrected chi connectivity index (χ4v) is 3.87. The van der Waals surface area contributed by atoms with Crippen LogP contribution in [0.25, 0.3) is 0 Å². The standard InChI is InChI=1S/C15H17ClN2O4S/c1-5-9-12(23(4,20)21)7-6-10(13(9)16)14(19)11-8-17-18(2)15(11)22-3/h6-8H,5H2,1-4H3. The van der Waals surface area contributed by atoms with Crippen LogP contribution in [0.15, 0.2) is 23.2 Å². The molecule has 0 aliphatic carbocycles. The van der Waals surface area contributed by atoms with Crippen LogP contribution in [-0.4, -0.2) is 37.3 Å². The molecule has 2 aromatic rings. The Bertz CT molecular complexity index is 872. The monoisotopic (exact) mass is 356 g/mol. The van der Waals surface area contributed by atoms with Crippen LogP contribution in [0.5, 0.6) is 5.88 Å². The van der Waals surface area contributed by atoms with Crippen molar-refractivity contribution in [1.29, 1.82) is 0 Å². The minimum atomic E-state index is -3.42. The van der Waals surface area contributed by atoms with Gasteiger partial charge in [-0.3, -0.25) is 4.79 Å². The molecule has 124 valence electrons. The Balaban J connectivity index is 2.63. The number of ketones is 1. The molecule has 2 rings (SSSR count). The van der Waals surface area contributed by atoms with E-state index in [1.54, 1.807) is 14.0 Å². The van der Waals surface area contributed by atoms with Crippen molar-refractivity contribution in [1.82, 2.24) is 9.78 Å². The van der Waals surface area contributed by atoms with Gasteiger partial charge in [-0.15, -0.1) is 0 Å². The first kappa shape index (κ1) is 17.5. The summed E-state index contributed by atoms with van der Waals surface area (Å²) in [6.45, 7) is 1.79. The second-order valence-electron chi connectivity index (χ2n) is 5.05. The quantitative estimate of drug-likeness (QED) is 0.768. The third-order valence-corrected chi connectivity index (χ3v) is 5.13. The number of methoxy groups -OCH3 is 1. The number of benzene rings is 1. The molecule has 0 bridgehead atoms. The summed E-state index contributed by atoms with van der Waals surface area (Å²) >= 11 is 6.31. The lowest BCUT2D eigenvalue weighted by Gasteiger charge is -2.12. The maximum absolute atomic E-state index is 12.7. The fourth-order valence-electron chi connectivity index (χ4n) is 2.42. The summed E-state index contributed by atoms with van der Waals surface area (Å²) in [7, 11) is -0.322. The molecule has 8 heteroatoms. The molecule has 0 saturated heterocycles. The smallest absolute Gasteiger partial charge is 0.222 e. The van der Waals surface area contributed by atoms with Crippen LogP contribution >= 0.6 is 11.6 Å². The first-order valence-corrected chi connectivity index (χ1v) is 9.11. The molecular formula is C15H17ClN2O4S. The Hall–Kier alpha value is -1.86. The van der Waals surface area contributed by atoms with Crippen molar-refractivity contribution in [3.8, 4) is 5.88 Å². The molecule has 0 unspecified atom stereocenters. The number of rotatable bonds is 5. The Labute approximate surface area is 139 Å². The number of nitrogens with zero attached hydrogens (tertiary/aromatic N) is 2. The van der Waals surface area contributed by atoms with Crippen molar-refractivity contribution in [2.45, 2.75) is 18.2 Å². The van der Waals surface area contributed by atoms with Gasteiger partial charge < -0.3 is 4.74 Å². The van der Waals surface area contributed by atoms with Gasteiger partial charge in [-0.25, -0.2) is 13.1 Å². The predicted octanol–water partition coefficient (Wildman–Crippen LogP) is 2.28. The average Bonchev–Trinajstić information content (AvgIpc) is 2.86. The van der Waals surface area contributed by atoms with Gasteiger partial charge in [0.15, 0.2) is 9.84 Å². The molecule has 1 aromatic carbocycles. The number of sulfone groups is 1. The van der Waals surface area contributed by atoms with Gasteiger partial charge in [0.05, 0.1) is 23.2 Å². The van der Waals surface area contributed by atoms with E-state index in [1.165, 1.54) is 30.1 Å². The number of ether oxygens (including phenoxy) is 1. The third kappa shape index (κ3) is 3.11. The van der Waals surface area contributed by atoms with E-state index < -0.39 is 9.84 Å². The fraction of sp³-hybridized carbons (Fsp3) is 0.333. The van der Waals surface area contributed by atoms with Crippen molar-refractivity contribution in [3.63, 3.8) is 0 Å². The number of carbonyl (C=O) groups excluding carboxylic acids is 1. The third-order valence-electron chi connectivity index (χ3n) is 3.52. The van der Waals surface area contributed by atoms with E-state index in [0.29, 0.717) is 17.9 Å². The Morgan fingerprint density at radius 3 is 2.52 bits per heavy atom. The maximum atomic E-state index is 12.7. The minimum Gasteiger partial charge on any atom is -0.481 e. The molecular weight excluding hydrogens is 340 g/mol. The van der Waals surface area contributed by atoms with Crippen molar-refractivity contribution in [3.05, 3.63) is 40.0 Å². The first-order valence-electron chi connectivity index (χ1n) is 6.84. The lowest BCUT2D eigenvalue weighted by molar-refractivity contribution is 0.103. The molecule has 0 radical (unpaired) electrons. The van der Waals surface area contributed by atoms with Gasteiger partial charge in [-0.05, 0) is 24.1 Å². The summed E-state index contributed by atoms with van der Waals surface area (Å²) in [5, 5.41) is 4.14. The summed E-state index contributed by atoms with van der Waals surface area (Å²) in [5.74, 6) is -0.0500. The predicted molar refractivity (Wildman–Crippen MR) is 87.1 cm³/mol. The van der Waals surface area contributed by atoms with E-state index in [1.807, 2.05) is 0 Å². The molecule has 1 heterocycles. The van der Waals surface area contributed by atoms with Crippen LogP contribution in [0.4, 0.5) is 0 Å². The number of halogens is 1. The van der Waals surface area contributed by atoms with Gasteiger partial charge in [-0.1, -0.05) is 18.5 Å². The highest BCUT2D eigenvalue weighted by atomic mass is 35.5. The first-order chi connectivity index (χ1) is 10.7. The largest absolute Gasteiger partial charge is 0.481 e. The Morgan fingerprint density at radius 1 is 1.35 bits per heavy atom. The molecule has 1 aromatic heterocycles. The molecule has 0 atom stereocenters. The van der Waals surface area contributed by atoms with E-state index in [9.17, 15) is 13.2 Å². The summed E-state index contributed by atoms with van der Waals surface area (Å²) in [6, 6.07) is 2.84. The van der Waals surface area contributed by atoms with Crippen molar-refractivity contribution < 1.29 is 17.9 Å². The van der Waals surface area contributed by atoms with Gasteiger partial charge in [0, 0.05) is 18.9 Å². The van der Waals surface area contributed by atoms with Gasteiger partial charge in [0.25, 0.3) is 0 Å². The Kier molecular flexibility index (Phi) is 4.81. The molecule has 0 aliphatic rings. The second-order valence-corrected chi connectivity index (χ2v) is 7.41. The van der Waals surface area contributed by atoms with Crippen LogP contribution in [0.3, 0.4) is 0 Å². The number of hydrogen-bond acceptors (Lipinski definition) is 5. The molecule has 0 fully saturated rings. The van der Waals surface area contributed by atoms with Crippen LogP contribution in [0.1, 0.15) is 28.4 Å². The number of aromatic nitrogens is 2. The highest BCUT2D eigenvalue weighted by Gasteiger charge is 2.24. The molecule has 0 spiro atoms. The topological polar surface area (TPSA) is 78.3 Å². The second kappa shape index (κ2) is 6.33. The number of hydrogen-bond donors (Lipinski definition) is 0. The minimum absolute atomic E-state index is 0.139. The summed E-state index contributed by atoms with van der Waals surface area (Å²) in [5.41, 5.74) is 0.927. The van der Waals surface area contributed by atoms with Crippen molar-refractivity contribution >= 4 is 27.2 Å². The zero-order chi connectivity index (χ0) is 17.4. The zero-order valence-corrected chi connectivity index (χ0v) is 14.8. The number of carbonyl (C=O) groups is 1. The molecule has 0 saturated carbocycles. The normalized spacial score (nSPS) is 11.5. The lowest BCUT2D eigenvalue weighted by atomic mass is 10.0. The van der Waals surface area contributed by atoms with E-state index in [0.717, 1.165) is 6.26 Å².